The minimum absolute atomic E-state index is 0.215. The zero-order valence-electron chi connectivity index (χ0n) is 11.8. The third-order valence-electron chi connectivity index (χ3n) is 3.99. The van der Waals surface area contributed by atoms with Crippen LogP contribution in [0.2, 0.25) is 0 Å². The standard InChI is InChI=1S/C17H16FN3/c1-10-2-6-15(13(18)8-10)21-16-7-5-12(19)9-14(16)20-17(21)11-3-4-11/h2,5-9,11H,3-4,19H2,1H3. The highest BCUT2D eigenvalue weighted by Crippen LogP contribution is 2.42. The number of aryl methyl sites for hydroxylation is 1. The number of rotatable bonds is 2. The number of nitrogens with two attached hydrogens (primary N) is 1. The first kappa shape index (κ1) is 12.4. The van der Waals surface area contributed by atoms with Crippen molar-refractivity contribution in [2.24, 2.45) is 0 Å². The van der Waals surface area contributed by atoms with E-state index in [0.29, 0.717) is 17.3 Å². The Morgan fingerprint density at radius 2 is 2.00 bits per heavy atom. The number of anilines is 1. The molecule has 1 aromatic heterocycles. The lowest BCUT2D eigenvalue weighted by Gasteiger charge is -2.10. The SMILES string of the molecule is Cc1ccc(-n2c(C3CC3)nc3cc(N)ccc32)c(F)c1. The fourth-order valence-corrected chi connectivity index (χ4v) is 2.78. The van der Waals surface area contributed by atoms with Gasteiger partial charge in [-0.3, -0.25) is 4.57 Å². The molecule has 0 bridgehead atoms. The van der Waals surface area contributed by atoms with Gasteiger partial charge in [-0.25, -0.2) is 9.37 Å². The van der Waals surface area contributed by atoms with Crippen molar-refractivity contribution in [3.63, 3.8) is 0 Å². The number of halogens is 1. The molecule has 1 aliphatic carbocycles. The van der Waals surface area contributed by atoms with E-state index in [4.69, 9.17) is 10.7 Å². The minimum Gasteiger partial charge on any atom is -0.399 e. The predicted octanol–water partition coefficient (Wildman–Crippen LogP) is 3.93. The van der Waals surface area contributed by atoms with Crippen molar-refractivity contribution < 1.29 is 4.39 Å². The summed E-state index contributed by atoms with van der Waals surface area (Å²) in [5.41, 5.74) is 9.74. The lowest BCUT2D eigenvalue weighted by atomic mass is 10.2. The monoisotopic (exact) mass is 281 g/mol. The summed E-state index contributed by atoms with van der Waals surface area (Å²) < 4.78 is 16.4. The van der Waals surface area contributed by atoms with Gasteiger partial charge in [0.2, 0.25) is 0 Å². The number of fused-ring (bicyclic) bond motifs is 1. The second-order valence-corrected chi connectivity index (χ2v) is 5.78. The molecule has 3 nitrogen and oxygen atoms in total. The molecule has 4 rings (SSSR count). The molecule has 0 spiro atoms. The first-order valence-corrected chi connectivity index (χ1v) is 7.18. The Morgan fingerprint density at radius 3 is 2.71 bits per heavy atom. The molecular formula is C17H16FN3. The van der Waals surface area contributed by atoms with Gasteiger partial charge in [-0.2, -0.15) is 0 Å². The number of hydrogen-bond acceptors (Lipinski definition) is 2. The third-order valence-corrected chi connectivity index (χ3v) is 3.99. The fourth-order valence-electron chi connectivity index (χ4n) is 2.78. The van der Waals surface area contributed by atoms with Crippen LogP contribution in [0.1, 0.15) is 30.1 Å². The van der Waals surface area contributed by atoms with E-state index in [1.54, 1.807) is 6.07 Å². The van der Waals surface area contributed by atoms with Gasteiger partial charge in [0.05, 0.1) is 16.7 Å². The molecule has 0 saturated heterocycles. The number of nitrogen functional groups attached to an aromatic ring is 1. The van der Waals surface area contributed by atoms with Crippen LogP contribution in [0.4, 0.5) is 10.1 Å². The molecule has 1 aliphatic rings. The van der Waals surface area contributed by atoms with Gasteiger partial charge >= 0.3 is 0 Å². The van der Waals surface area contributed by atoms with Gasteiger partial charge in [-0.1, -0.05) is 6.07 Å². The molecular weight excluding hydrogens is 265 g/mol. The summed E-state index contributed by atoms with van der Waals surface area (Å²) in [6.45, 7) is 1.89. The predicted molar refractivity (Wildman–Crippen MR) is 82.2 cm³/mol. The van der Waals surface area contributed by atoms with Crippen molar-refractivity contribution in [1.82, 2.24) is 9.55 Å². The summed E-state index contributed by atoms with van der Waals surface area (Å²) in [6.07, 6.45) is 2.23. The minimum atomic E-state index is -0.215. The van der Waals surface area contributed by atoms with Crippen molar-refractivity contribution >= 4 is 16.7 Å². The normalized spacial score (nSPS) is 14.8. The molecule has 2 aromatic carbocycles. The van der Waals surface area contributed by atoms with Crippen molar-refractivity contribution in [1.29, 1.82) is 0 Å². The third kappa shape index (κ3) is 1.98. The van der Waals surface area contributed by atoms with Crippen molar-refractivity contribution in [2.45, 2.75) is 25.7 Å². The molecule has 1 saturated carbocycles. The van der Waals surface area contributed by atoms with Gasteiger partial charge in [0.1, 0.15) is 11.6 Å². The first-order valence-electron chi connectivity index (χ1n) is 7.18. The molecule has 4 heteroatoms. The van der Waals surface area contributed by atoms with Crippen LogP contribution in [0, 0.1) is 12.7 Å². The van der Waals surface area contributed by atoms with E-state index in [0.717, 1.165) is 35.3 Å². The Kier molecular flexibility index (Phi) is 2.55. The number of imidazole rings is 1. The van der Waals surface area contributed by atoms with Crippen LogP contribution in [0.5, 0.6) is 0 Å². The molecule has 1 fully saturated rings. The maximum Gasteiger partial charge on any atom is 0.147 e. The number of hydrogen-bond donors (Lipinski definition) is 1. The summed E-state index contributed by atoms with van der Waals surface area (Å²) >= 11 is 0. The van der Waals surface area contributed by atoms with E-state index in [2.05, 4.69) is 0 Å². The smallest absolute Gasteiger partial charge is 0.147 e. The van der Waals surface area contributed by atoms with Crippen LogP contribution >= 0.6 is 0 Å². The van der Waals surface area contributed by atoms with Crippen LogP contribution in [-0.4, -0.2) is 9.55 Å². The lowest BCUT2D eigenvalue weighted by molar-refractivity contribution is 0.615. The van der Waals surface area contributed by atoms with Crippen molar-refractivity contribution in [3.8, 4) is 5.69 Å². The van der Waals surface area contributed by atoms with Gasteiger partial charge in [-0.05, 0) is 55.7 Å². The summed E-state index contributed by atoms with van der Waals surface area (Å²) in [4.78, 5) is 4.69. The molecule has 0 aliphatic heterocycles. The average Bonchev–Trinajstić information content (AvgIpc) is 3.21. The molecule has 0 unspecified atom stereocenters. The summed E-state index contributed by atoms with van der Waals surface area (Å²) in [5.74, 6) is 1.16. The van der Waals surface area contributed by atoms with Crippen LogP contribution in [0.25, 0.3) is 16.7 Å². The molecule has 3 aromatic rings. The summed E-state index contributed by atoms with van der Waals surface area (Å²) in [6, 6.07) is 10.9. The Balaban J connectivity index is 2.03. The molecule has 106 valence electrons. The molecule has 2 N–H and O–H groups in total. The highest BCUT2D eigenvalue weighted by atomic mass is 19.1. The van der Waals surface area contributed by atoms with Gasteiger partial charge < -0.3 is 5.73 Å². The second-order valence-electron chi connectivity index (χ2n) is 5.78. The summed E-state index contributed by atoms with van der Waals surface area (Å²) in [5, 5.41) is 0. The van der Waals surface area contributed by atoms with Crippen LogP contribution < -0.4 is 5.73 Å². The number of nitrogens with zero attached hydrogens (tertiary/aromatic N) is 2. The fraction of sp³-hybridized carbons (Fsp3) is 0.235. The van der Waals surface area contributed by atoms with Crippen molar-refractivity contribution in [3.05, 3.63) is 53.6 Å². The molecule has 0 amide bonds. The highest BCUT2D eigenvalue weighted by Gasteiger charge is 2.30. The zero-order chi connectivity index (χ0) is 14.6. The van der Waals surface area contributed by atoms with E-state index in [-0.39, 0.29) is 5.82 Å². The topological polar surface area (TPSA) is 43.8 Å². The molecule has 21 heavy (non-hydrogen) atoms. The van der Waals surface area contributed by atoms with E-state index >= 15 is 0 Å². The van der Waals surface area contributed by atoms with E-state index in [1.807, 2.05) is 41.8 Å². The van der Waals surface area contributed by atoms with E-state index in [1.165, 1.54) is 0 Å². The van der Waals surface area contributed by atoms with Gasteiger partial charge in [0, 0.05) is 11.6 Å². The first-order chi connectivity index (χ1) is 10.1. The van der Waals surface area contributed by atoms with Crippen molar-refractivity contribution in [2.75, 3.05) is 5.73 Å². The van der Waals surface area contributed by atoms with Crippen LogP contribution in [-0.2, 0) is 0 Å². The van der Waals surface area contributed by atoms with Gasteiger partial charge in [0.15, 0.2) is 0 Å². The Bertz CT molecular complexity index is 847. The molecule has 0 atom stereocenters. The molecule has 1 heterocycles. The average molecular weight is 281 g/mol. The number of aromatic nitrogens is 2. The van der Waals surface area contributed by atoms with Crippen LogP contribution in [0.3, 0.4) is 0 Å². The van der Waals surface area contributed by atoms with E-state index in [9.17, 15) is 4.39 Å². The molecule has 0 radical (unpaired) electrons. The largest absolute Gasteiger partial charge is 0.399 e. The lowest BCUT2D eigenvalue weighted by Crippen LogP contribution is -2.03. The maximum absolute atomic E-state index is 14.4. The van der Waals surface area contributed by atoms with Gasteiger partial charge in [0.25, 0.3) is 0 Å². The summed E-state index contributed by atoms with van der Waals surface area (Å²) in [7, 11) is 0. The highest BCUT2D eigenvalue weighted by molar-refractivity contribution is 5.81. The maximum atomic E-state index is 14.4. The zero-order valence-corrected chi connectivity index (χ0v) is 11.8. The second kappa shape index (κ2) is 4.32. The Hall–Kier alpha value is -2.36. The number of benzene rings is 2. The Morgan fingerprint density at radius 1 is 1.19 bits per heavy atom. The van der Waals surface area contributed by atoms with Gasteiger partial charge in [-0.15, -0.1) is 0 Å². The van der Waals surface area contributed by atoms with Crippen LogP contribution in [0.15, 0.2) is 36.4 Å². The Labute approximate surface area is 122 Å². The van der Waals surface area contributed by atoms with E-state index < -0.39 is 0 Å². The quantitative estimate of drug-likeness (QED) is 0.723.